The highest BCUT2D eigenvalue weighted by Crippen LogP contribution is 2.25. The third-order valence-corrected chi connectivity index (χ3v) is 4.54. The normalized spacial score (nSPS) is 15.9. The van der Waals surface area contributed by atoms with Gasteiger partial charge in [-0.05, 0) is 22.4 Å². The van der Waals surface area contributed by atoms with Gasteiger partial charge in [0.1, 0.15) is 17.5 Å². The highest BCUT2D eigenvalue weighted by molar-refractivity contribution is 6.21. The summed E-state index contributed by atoms with van der Waals surface area (Å²) in [6, 6.07) is 18.7. The van der Waals surface area contributed by atoms with Gasteiger partial charge >= 0.3 is 0 Å². The third kappa shape index (κ3) is 2.74. The number of carbonyl (C=O) groups is 1. The van der Waals surface area contributed by atoms with Gasteiger partial charge in [-0.25, -0.2) is 5.43 Å². The van der Waals surface area contributed by atoms with E-state index < -0.39 is 0 Å². The second-order valence-electron chi connectivity index (χ2n) is 6.18. The summed E-state index contributed by atoms with van der Waals surface area (Å²) in [4.78, 5) is 13.6. The molecule has 128 valence electrons. The number of nitrogens with one attached hydrogen (secondary N) is 2. The van der Waals surface area contributed by atoms with Gasteiger partial charge in [0, 0.05) is 6.07 Å². The summed E-state index contributed by atoms with van der Waals surface area (Å²) in [6.07, 6.45) is 3.27. The van der Waals surface area contributed by atoms with Gasteiger partial charge in [-0.2, -0.15) is 5.10 Å². The second-order valence-corrected chi connectivity index (χ2v) is 6.18. The van der Waals surface area contributed by atoms with Gasteiger partial charge in [0.05, 0.1) is 18.8 Å². The van der Waals surface area contributed by atoms with E-state index in [1.807, 2.05) is 61.8 Å². The number of fused-ring (bicyclic) bond motifs is 2. The quantitative estimate of drug-likeness (QED) is 0.560. The van der Waals surface area contributed by atoms with Crippen molar-refractivity contribution in [2.24, 2.45) is 5.10 Å². The molecule has 26 heavy (non-hydrogen) atoms. The first kappa shape index (κ1) is 16.1. The molecule has 0 bridgehead atoms. The lowest BCUT2D eigenvalue weighted by atomic mass is 10.0. The highest BCUT2D eigenvalue weighted by Gasteiger charge is 2.27. The zero-order valence-corrected chi connectivity index (χ0v) is 14.2. The summed E-state index contributed by atoms with van der Waals surface area (Å²) in [6.45, 7) is 0. The fourth-order valence-electron chi connectivity index (χ4n) is 3.25. The summed E-state index contributed by atoms with van der Waals surface area (Å²) in [7, 11) is 1.97. The lowest BCUT2D eigenvalue weighted by molar-refractivity contribution is -0.747. The van der Waals surface area contributed by atoms with Crippen molar-refractivity contribution in [3.05, 3.63) is 78.0 Å². The van der Waals surface area contributed by atoms with Crippen molar-refractivity contribution in [1.29, 1.82) is 0 Å². The number of nitrogens with zero attached hydrogens (tertiary/aromatic N) is 1. The largest absolute Gasteiger partial charge is 0.872 e. The first-order valence-electron chi connectivity index (χ1n) is 8.32. The maximum absolute atomic E-state index is 12.5. The van der Waals surface area contributed by atoms with Crippen molar-refractivity contribution >= 4 is 34.2 Å². The van der Waals surface area contributed by atoms with Gasteiger partial charge in [-0.1, -0.05) is 54.3 Å². The smallest absolute Gasteiger partial charge is 0.277 e. The van der Waals surface area contributed by atoms with Gasteiger partial charge in [0.2, 0.25) is 0 Å². The Hall–Kier alpha value is -3.44. The summed E-state index contributed by atoms with van der Waals surface area (Å²) >= 11 is 0. The van der Waals surface area contributed by atoms with E-state index in [0.29, 0.717) is 11.1 Å². The molecule has 5 heteroatoms. The number of amides is 1. The van der Waals surface area contributed by atoms with Crippen molar-refractivity contribution in [3.63, 3.8) is 0 Å². The van der Waals surface area contributed by atoms with Gasteiger partial charge in [-0.3, -0.25) is 9.69 Å². The summed E-state index contributed by atoms with van der Waals surface area (Å²) in [5.41, 5.74) is 5.53. The minimum Gasteiger partial charge on any atom is -0.872 e. The van der Waals surface area contributed by atoms with Crippen LogP contribution in [0.2, 0.25) is 0 Å². The van der Waals surface area contributed by atoms with Crippen molar-refractivity contribution in [2.75, 3.05) is 7.05 Å². The van der Waals surface area contributed by atoms with E-state index in [-0.39, 0.29) is 11.7 Å². The predicted molar refractivity (Wildman–Crippen MR) is 100 cm³/mol. The molecule has 0 radical (unpaired) electrons. The van der Waals surface area contributed by atoms with Crippen LogP contribution in [0.5, 0.6) is 5.75 Å². The first-order chi connectivity index (χ1) is 12.6. The average Bonchev–Trinajstić information content (AvgIpc) is 3.01. The monoisotopic (exact) mass is 343 g/mol. The predicted octanol–water partition coefficient (Wildman–Crippen LogP) is 1.56. The number of hydrogen-bond donors (Lipinski definition) is 2. The lowest BCUT2D eigenvalue weighted by Gasteiger charge is -2.12. The van der Waals surface area contributed by atoms with Crippen LogP contribution in [0, 0.1) is 0 Å². The zero-order chi connectivity index (χ0) is 18.1. The molecule has 4 rings (SSSR count). The molecule has 2 N–H and O–H groups in total. The number of hydrogen-bond acceptors (Lipinski definition) is 3. The average molecular weight is 343 g/mol. The summed E-state index contributed by atoms with van der Waals surface area (Å²) in [5.74, 6) is -0.422. The van der Waals surface area contributed by atoms with Crippen molar-refractivity contribution in [3.8, 4) is 5.75 Å². The molecule has 1 aliphatic rings. The Labute approximate surface area is 150 Å². The van der Waals surface area contributed by atoms with Crippen molar-refractivity contribution in [2.45, 2.75) is 0 Å². The fraction of sp³-hybridized carbons (Fsp3) is 0.0476. The van der Waals surface area contributed by atoms with Gasteiger partial charge in [0.15, 0.2) is 0 Å². The number of benzene rings is 3. The first-order valence-corrected chi connectivity index (χ1v) is 8.32. The Morgan fingerprint density at radius 1 is 1.08 bits per heavy atom. The highest BCUT2D eigenvalue weighted by atomic mass is 16.3. The van der Waals surface area contributed by atoms with Crippen LogP contribution < -0.4 is 15.4 Å². The van der Waals surface area contributed by atoms with Crippen LogP contribution in [0.15, 0.2) is 72.0 Å². The van der Waals surface area contributed by atoms with E-state index in [4.69, 9.17) is 0 Å². The minimum atomic E-state index is -0.293. The molecule has 0 fully saturated rings. The number of quaternary nitrogens is 1. The fourth-order valence-corrected chi connectivity index (χ4v) is 3.25. The molecule has 3 aromatic carbocycles. The molecular formula is C21H17N3O2. The topological polar surface area (TPSA) is 69.0 Å². The molecule has 1 unspecified atom stereocenters. The van der Waals surface area contributed by atoms with Gasteiger partial charge in [0.25, 0.3) is 5.91 Å². The Morgan fingerprint density at radius 3 is 2.73 bits per heavy atom. The van der Waals surface area contributed by atoms with E-state index in [1.165, 1.54) is 12.3 Å². The van der Waals surface area contributed by atoms with Crippen LogP contribution in [-0.2, 0) is 4.79 Å². The molecule has 1 atom stereocenters. The van der Waals surface area contributed by atoms with E-state index in [2.05, 4.69) is 10.5 Å². The van der Waals surface area contributed by atoms with Gasteiger partial charge in [-0.15, -0.1) is 0 Å². The molecule has 1 aliphatic heterocycles. The standard InChI is InChI=1S/C21H17N3O2/c1-24-13-18(16-8-4-5-9-19(16)24)21(26)23-22-12-17-15-7-3-2-6-14(15)10-11-20(17)25/h2-13,25H,1H3,(H,23,26)/b22-12+. The number of rotatable bonds is 3. The molecule has 0 spiro atoms. The SMILES string of the molecule is C[NH+]1C=C(C(=O)N/N=C/c2c([O-])ccc3ccccc23)c2ccccc21. The van der Waals surface area contributed by atoms with Crippen LogP contribution in [0.25, 0.3) is 16.3 Å². The summed E-state index contributed by atoms with van der Waals surface area (Å²) < 4.78 is 0. The van der Waals surface area contributed by atoms with Crippen LogP contribution in [0.4, 0.5) is 5.69 Å². The zero-order valence-electron chi connectivity index (χ0n) is 14.2. The molecule has 0 aromatic heterocycles. The molecule has 0 aliphatic carbocycles. The number of carbonyl (C=O) groups excluding carboxylic acids is 1. The second kappa shape index (κ2) is 6.46. The van der Waals surface area contributed by atoms with Crippen LogP contribution in [0.3, 0.4) is 0 Å². The van der Waals surface area contributed by atoms with Crippen LogP contribution in [0.1, 0.15) is 11.1 Å². The van der Waals surface area contributed by atoms with E-state index >= 15 is 0 Å². The molecule has 0 saturated heterocycles. The minimum absolute atomic E-state index is 0.128. The molecule has 0 saturated carbocycles. The summed E-state index contributed by atoms with van der Waals surface area (Å²) in [5, 5.41) is 17.9. The Balaban J connectivity index is 1.58. The Kier molecular flexibility index (Phi) is 3.99. The maximum Gasteiger partial charge on any atom is 0.277 e. The molecule has 1 amide bonds. The molecule has 3 aromatic rings. The Morgan fingerprint density at radius 2 is 1.85 bits per heavy atom. The number of para-hydroxylation sites is 1. The molecular weight excluding hydrogens is 326 g/mol. The Bertz CT molecular complexity index is 1070. The van der Waals surface area contributed by atoms with E-state index in [9.17, 15) is 9.90 Å². The van der Waals surface area contributed by atoms with E-state index in [0.717, 1.165) is 26.9 Å². The molecule has 5 nitrogen and oxygen atoms in total. The van der Waals surface area contributed by atoms with Crippen LogP contribution >= 0.6 is 0 Å². The molecule has 1 heterocycles. The van der Waals surface area contributed by atoms with Gasteiger partial charge < -0.3 is 5.11 Å². The van der Waals surface area contributed by atoms with E-state index in [1.54, 1.807) is 6.07 Å². The number of hydrazone groups is 1. The van der Waals surface area contributed by atoms with Crippen molar-refractivity contribution < 1.29 is 14.8 Å². The lowest BCUT2D eigenvalue weighted by Crippen LogP contribution is -2.97. The van der Waals surface area contributed by atoms with Crippen molar-refractivity contribution in [1.82, 2.24) is 5.43 Å². The third-order valence-electron chi connectivity index (χ3n) is 4.54. The van der Waals surface area contributed by atoms with Crippen LogP contribution in [-0.4, -0.2) is 19.2 Å². The maximum atomic E-state index is 12.5.